The van der Waals surface area contributed by atoms with Gasteiger partial charge in [0.2, 0.25) is 0 Å². The van der Waals surface area contributed by atoms with Crippen LogP contribution in [0.3, 0.4) is 0 Å². The summed E-state index contributed by atoms with van der Waals surface area (Å²) in [4.78, 5) is 16.0. The van der Waals surface area contributed by atoms with E-state index in [1.165, 1.54) is 0 Å². The number of hydrogen-bond donors (Lipinski definition) is 0. The lowest BCUT2D eigenvalue weighted by Gasteiger charge is -2.40. The number of ether oxygens (including phenoxy) is 1. The Kier molecular flexibility index (Phi) is 4.82. The Bertz CT molecular complexity index is 462. The minimum Gasteiger partial charge on any atom is -0.444 e. The molecular formula is C14H26N2O4S. The number of sulfone groups is 1. The Hall–Kier alpha value is -0.820. The van der Waals surface area contributed by atoms with Crippen LogP contribution in [0.5, 0.6) is 0 Å². The molecule has 0 bridgehead atoms. The largest absolute Gasteiger partial charge is 0.444 e. The van der Waals surface area contributed by atoms with Gasteiger partial charge in [-0.15, -0.1) is 0 Å². The van der Waals surface area contributed by atoms with Crippen molar-refractivity contribution in [3.63, 3.8) is 0 Å². The van der Waals surface area contributed by atoms with Gasteiger partial charge in [0, 0.05) is 32.2 Å². The molecule has 0 aromatic heterocycles. The molecule has 2 aliphatic heterocycles. The maximum Gasteiger partial charge on any atom is 0.410 e. The molecule has 1 amide bonds. The second-order valence-electron chi connectivity index (χ2n) is 6.89. The number of rotatable bonds is 1. The molecule has 0 N–H and O–H groups in total. The fraction of sp³-hybridized carbons (Fsp3) is 0.929. The normalized spacial score (nSPS) is 24.8. The van der Waals surface area contributed by atoms with Crippen LogP contribution in [0.1, 0.15) is 33.6 Å². The third kappa shape index (κ3) is 4.85. The van der Waals surface area contributed by atoms with Gasteiger partial charge in [-0.05, 0) is 33.6 Å². The molecule has 0 unspecified atom stereocenters. The topological polar surface area (TPSA) is 66.9 Å². The van der Waals surface area contributed by atoms with Gasteiger partial charge in [0.25, 0.3) is 0 Å². The highest BCUT2D eigenvalue weighted by molar-refractivity contribution is 7.91. The summed E-state index contributed by atoms with van der Waals surface area (Å²) in [6.45, 7) is 8.49. The Morgan fingerprint density at radius 1 is 1.05 bits per heavy atom. The summed E-state index contributed by atoms with van der Waals surface area (Å²) in [5.74, 6) is 0.591. The molecule has 2 saturated heterocycles. The van der Waals surface area contributed by atoms with Crippen LogP contribution in [-0.4, -0.2) is 73.6 Å². The average molecular weight is 318 g/mol. The Labute approximate surface area is 127 Å². The van der Waals surface area contributed by atoms with E-state index in [1.54, 1.807) is 4.90 Å². The van der Waals surface area contributed by atoms with Crippen molar-refractivity contribution >= 4 is 15.9 Å². The Balaban J connectivity index is 1.80. The highest BCUT2D eigenvalue weighted by Crippen LogP contribution is 2.20. The Morgan fingerprint density at radius 3 is 2.05 bits per heavy atom. The van der Waals surface area contributed by atoms with Crippen molar-refractivity contribution in [2.24, 2.45) is 0 Å². The fourth-order valence-electron chi connectivity index (χ4n) is 2.84. The molecule has 0 spiro atoms. The van der Waals surface area contributed by atoms with Crippen molar-refractivity contribution < 1.29 is 17.9 Å². The van der Waals surface area contributed by atoms with Crippen molar-refractivity contribution in [1.82, 2.24) is 9.80 Å². The lowest BCUT2D eigenvalue weighted by molar-refractivity contribution is 0.00983. The van der Waals surface area contributed by atoms with Crippen LogP contribution >= 0.6 is 0 Å². The summed E-state index contributed by atoms with van der Waals surface area (Å²) in [6.07, 6.45) is 1.18. The monoisotopic (exact) mass is 318 g/mol. The number of amides is 1. The highest BCUT2D eigenvalue weighted by atomic mass is 32.2. The van der Waals surface area contributed by atoms with Crippen LogP contribution in [0.2, 0.25) is 0 Å². The molecule has 2 aliphatic rings. The van der Waals surface area contributed by atoms with Crippen molar-refractivity contribution in [2.75, 3.05) is 37.7 Å². The van der Waals surface area contributed by atoms with Gasteiger partial charge in [-0.3, -0.25) is 4.90 Å². The first kappa shape index (κ1) is 16.5. The van der Waals surface area contributed by atoms with Crippen molar-refractivity contribution in [3.8, 4) is 0 Å². The highest BCUT2D eigenvalue weighted by Gasteiger charge is 2.32. The summed E-state index contributed by atoms with van der Waals surface area (Å²) in [6, 6.07) is 0.342. The summed E-state index contributed by atoms with van der Waals surface area (Å²) in [5.41, 5.74) is -0.466. The maximum atomic E-state index is 12.0. The van der Waals surface area contributed by atoms with Crippen LogP contribution in [0.4, 0.5) is 4.79 Å². The summed E-state index contributed by atoms with van der Waals surface area (Å²) >= 11 is 0. The fourth-order valence-corrected chi connectivity index (χ4v) is 4.31. The first-order valence-corrected chi connectivity index (χ1v) is 9.41. The number of piperazine rings is 1. The van der Waals surface area contributed by atoms with E-state index in [4.69, 9.17) is 4.74 Å². The first-order chi connectivity index (χ1) is 9.66. The third-order valence-corrected chi connectivity index (χ3v) is 5.72. The van der Waals surface area contributed by atoms with Crippen LogP contribution in [0.25, 0.3) is 0 Å². The zero-order chi connectivity index (χ0) is 15.7. The van der Waals surface area contributed by atoms with Gasteiger partial charge in [0.15, 0.2) is 0 Å². The molecule has 0 aliphatic carbocycles. The van der Waals surface area contributed by atoms with E-state index in [9.17, 15) is 13.2 Å². The molecule has 6 nitrogen and oxygen atoms in total. The third-order valence-electron chi connectivity index (χ3n) is 4.01. The molecule has 0 aromatic carbocycles. The molecule has 2 rings (SSSR count). The van der Waals surface area contributed by atoms with Gasteiger partial charge >= 0.3 is 6.09 Å². The summed E-state index contributed by atoms with van der Waals surface area (Å²) in [7, 11) is -2.81. The predicted molar refractivity (Wildman–Crippen MR) is 81.1 cm³/mol. The standard InChI is InChI=1S/C14H26N2O4S/c1-14(2,3)20-13(17)16-8-6-15(7-9-16)12-4-10-21(18,19)11-5-12/h12H,4-11H2,1-3H3. The van der Waals surface area contributed by atoms with Crippen molar-refractivity contribution in [1.29, 1.82) is 0 Å². The molecule has 21 heavy (non-hydrogen) atoms. The number of hydrogen-bond acceptors (Lipinski definition) is 5. The lowest BCUT2D eigenvalue weighted by atomic mass is 10.1. The quantitative estimate of drug-likeness (QED) is 0.725. The van der Waals surface area contributed by atoms with E-state index < -0.39 is 15.4 Å². The molecule has 0 atom stereocenters. The van der Waals surface area contributed by atoms with Crippen molar-refractivity contribution in [3.05, 3.63) is 0 Å². The number of carbonyl (C=O) groups is 1. The SMILES string of the molecule is CC(C)(C)OC(=O)N1CCN(C2CCS(=O)(=O)CC2)CC1. The predicted octanol–water partition coefficient (Wildman–Crippen LogP) is 1.12. The van der Waals surface area contributed by atoms with E-state index in [2.05, 4.69) is 4.90 Å². The minimum absolute atomic E-state index is 0.256. The van der Waals surface area contributed by atoms with E-state index in [-0.39, 0.29) is 6.09 Å². The van der Waals surface area contributed by atoms with Gasteiger partial charge in [-0.1, -0.05) is 0 Å². The molecule has 0 aromatic rings. The van der Waals surface area contributed by atoms with Gasteiger partial charge in [-0.2, -0.15) is 0 Å². The van der Waals surface area contributed by atoms with Gasteiger partial charge in [0.1, 0.15) is 15.4 Å². The number of carbonyl (C=O) groups excluding carboxylic acids is 1. The summed E-state index contributed by atoms with van der Waals surface area (Å²) < 4.78 is 28.3. The molecular weight excluding hydrogens is 292 g/mol. The van der Waals surface area contributed by atoms with Crippen LogP contribution in [-0.2, 0) is 14.6 Å². The lowest BCUT2D eigenvalue weighted by Crippen LogP contribution is -2.54. The molecule has 0 radical (unpaired) electrons. The smallest absolute Gasteiger partial charge is 0.410 e. The molecule has 2 heterocycles. The van der Waals surface area contributed by atoms with Gasteiger partial charge in [0.05, 0.1) is 11.5 Å². The van der Waals surface area contributed by atoms with E-state index in [0.29, 0.717) is 30.6 Å². The maximum absolute atomic E-state index is 12.0. The molecule has 2 fully saturated rings. The second kappa shape index (κ2) is 6.12. The number of nitrogens with zero attached hydrogens (tertiary/aromatic N) is 2. The average Bonchev–Trinajstić information content (AvgIpc) is 2.37. The van der Waals surface area contributed by atoms with Crippen LogP contribution < -0.4 is 0 Å². The molecule has 7 heteroatoms. The Morgan fingerprint density at radius 2 is 1.57 bits per heavy atom. The zero-order valence-corrected chi connectivity index (χ0v) is 14.0. The van der Waals surface area contributed by atoms with E-state index >= 15 is 0 Å². The summed E-state index contributed by atoms with van der Waals surface area (Å²) in [5, 5.41) is 0. The first-order valence-electron chi connectivity index (χ1n) is 7.59. The molecule has 0 saturated carbocycles. The second-order valence-corrected chi connectivity index (χ2v) is 9.19. The van der Waals surface area contributed by atoms with Gasteiger partial charge < -0.3 is 9.64 Å². The van der Waals surface area contributed by atoms with Crippen molar-refractivity contribution in [2.45, 2.75) is 45.3 Å². The van der Waals surface area contributed by atoms with Gasteiger partial charge in [-0.25, -0.2) is 13.2 Å². The van der Waals surface area contributed by atoms with Crippen LogP contribution in [0, 0.1) is 0 Å². The molecule has 122 valence electrons. The van der Waals surface area contributed by atoms with Crippen LogP contribution in [0.15, 0.2) is 0 Å². The van der Waals surface area contributed by atoms with E-state index in [0.717, 1.165) is 25.9 Å². The zero-order valence-electron chi connectivity index (χ0n) is 13.2. The van der Waals surface area contributed by atoms with E-state index in [1.807, 2.05) is 20.8 Å². The minimum atomic E-state index is -2.81.